The first-order chi connectivity index (χ1) is 7.26. The first-order valence-electron chi connectivity index (χ1n) is 5.88. The van der Waals surface area contributed by atoms with Crippen molar-refractivity contribution in [1.82, 2.24) is 4.90 Å². The molecule has 94 valence electrons. The highest BCUT2D eigenvalue weighted by atomic mass is 35.5. The van der Waals surface area contributed by atoms with Crippen LogP contribution in [0.25, 0.3) is 0 Å². The van der Waals surface area contributed by atoms with Crippen LogP contribution in [-0.4, -0.2) is 40.9 Å². The lowest BCUT2D eigenvalue weighted by atomic mass is 9.87. The van der Waals surface area contributed by atoms with Crippen LogP contribution in [0, 0.1) is 0 Å². The molecule has 2 N–H and O–H groups in total. The van der Waals surface area contributed by atoms with Crippen molar-refractivity contribution in [2.45, 2.75) is 36.9 Å². The van der Waals surface area contributed by atoms with Gasteiger partial charge in [0.05, 0.1) is 6.54 Å². The fourth-order valence-electron chi connectivity index (χ4n) is 2.69. The molecular formula is C11H21ClN2OS. The zero-order chi connectivity index (χ0) is 10.7. The first-order valence-corrected chi connectivity index (χ1v) is 6.86. The van der Waals surface area contributed by atoms with Crippen molar-refractivity contribution < 1.29 is 4.79 Å². The van der Waals surface area contributed by atoms with E-state index < -0.39 is 0 Å². The maximum atomic E-state index is 11.6. The van der Waals surface area contributed by atoms with E-state index in [9.17, 15) is 4.79 Å². The van der Waals surface area contributed by atoms with Gasteiger partial charge in [-0.25, -0.2) is 0 Å². The van der Waals surface area contributed by atoms with Gasteiger partial charge in [-0.1, -0.05) is 19.3 Å². The van der Waals surface area contributed by atoms with E-state index in [0.717, 1.165) is 18.8 Å². The molecule has 0 unspecified atom stereocenters. The second-order valence-electron chi connectivity index (χ2n) is 4.61. The standard InChI is InChI=1S/C11H20N2OS.ClH/c12-8-10(14)13-6-7-15-11(9-13)4-2-1-3-5-11;/h1-9,12H2;1H. The van der Waals surface area contributed by atoms with Crippen LogP contribution in [0.3, 0.4) is 0 Å². The van der Waals surface area contributed by atoms with Gasteiger partial charge >= 0.3 is 0 Å². The van der Waals surface area contributed by atoms with E-state index in [1.807, 2.05) is 4.90 Å². The van der Waals surface area contributed by atoms with E-state index in [1.54, 1.807) is 0 Å². The number of carbonyl (C=O) groups is 1. The van der Waals surface area contributed by atoms with E-state index in [4.69, 9.17) is 5.73 Å². The molecular weight excluding hydrogens is 244 g/mol. The van der Waals surface area contributed by atoms with Crippen LogP contribution < -0.4 is 5.73 Å². The molecule has 0 bridgehead atoms. The second kappa shape index (κ2) is 6.12. The lowest BCUT2D eigenvalue weighted by molar-refractivity contribution is -0.130. The van der Waals surface area contributed by atoms with Gasteiger partial charge in [-0.05, 0) is 12.8 Å². The molecule has 0 atom stereocenters. The largest absolute Gasteiger partial charge is 0.339 e. The van der Waals surface area contributed by atoms with Gasteiger partial charge in [-0.2, -0.15) is 11.8 Å². The molecule has 3 nitrogen and oxygen atoms in total. The minimum atomic E-state index is 0. The Morgan fingerprint density at radius 3 is 2.62 bits per heavy atom. The van der Waals surface area contributed by atoms with Gasteiger partial charge in [0.15, 0.2) is 0 Å². The molecule has 1 aliphatic heterocycles. The fourth-order valence-corrected chi connectivity index (χ4v) is 4.25. The molecule has 2 fully saturated rings. The number of hydrogen-bond donors (Lipinski definition) is 1. The predicted octanol–water partition coefficient (Wildman–Crippen LogP) is 1.65. The Balaban J connectivity index is 0.00000128. The topological polar surface area (TPSA) is 46.3 Å². The van der Waals surface area contributed by atoms with Gasteiger partial charge in [0.25, 0.3) is 0 Å². The minimum absolute atomic E-state index is 0. The zero-order valence-electron chi connectivity index (χ0n) is 9.61. The van der Waals surface area contributed by atoms with Crippen molar-refractivity contribution >= 4 is 30.1 Å². The second-order valence-corrected chi connectivity index (χ2v) is 6.17. The molecule has 16 heavy (non-hydrogen) atoms. The summed E-state index contributed by atoms with van der Waals surface area (Å²) < 4.78 is 0.376. The summed E-state index contributed by atoms with van der Waals surface area (Å²) in [5.41, 5.74) is 5.42. The van der Waals surface area contributed by atoms with E-state index in [-0.39, 0.29) is 24.9 Å². The molecule has 0 radical (unpaired) electrons. The Morgan fingerprint density at radius 2 is 2.00 bits per heavy atom. The summed E-state index contributed by atoms with van der Waals surface area (Å²) in [5.74, 6) is 1.21. The van der Waals surface area contributed by atoms with E-state index >= 15 is 0 Å². The first kappa shape index (κ1) is 14.1. The number of rotatable bonds is 1. The number of thioether (sulfide) groups is 1. The lowest BCUT2D eigenvalue weighted by Crippen LogP contribution is -2.51. The highest BCUT2D eigenvalue weighted by Gasteiger charge is 2.38. The maximum Gasteiger partial charge on any atom is 0.236 e. The molecule has 2 rings (SSSR count). The van der Waals surface area contributed by atoms with Crippen molar-refractivity contribution in [2.75, 3.05) is 25.4 Å². The van der Waals surface area contributed by atoms with Gasteiger partial charge in [0.2, 0.25) is 5.91 Å². The van der Waals surface area contributed by atoms with Crippen LogP contribution in [0.4, 0.5) is 0 Å². The van der Waals surface area contributed by atoms with Crippen LogP contribution in [0.15, 0.2) is 0 Å². The molecule has 1 saturated carbocycles. The maximum absolute atomic E-state index is 11.6. The van der Waals surface area contributed by atoms with Gasteiger partial charge in [-0.15, -0.1) is 12.4 Å². The van der Waals surface area contributed by atoms with Crippen LogP contribution in [0.2, 0.25) is 0 Å². The molecule has 5 heteroatoms. The molecule has 0 aromatic heterocycles. The predicted molar refractivity (Wildman–Crippen MR) is 71.2 cm³/mol. The van der Waals surface area contributed by atoms with Crippen molar-refractivity contribution in [1.29, 1.82) is 0 Å². The highest BCUT2D eigenvalue weighted by molar-refractivity contribution is 8.00. The summed E-state index contributed by atoms with van der Waals surface area (Å²) in [6.45, 7) is 2.00. The van der Waals surface area contributed by atoms with E-state index in [2.05, 4.69) is 11.8 Å². The summed E-state index contributed by atoms with van der Waals surface area (Å²) in [6, 6.07) is 0. The Labute approximate surface area is 108 Å². The number of amides is 1. The molecule has 2 aliphatic rings. The lowest BCUT2D eigenvalue weighted by Gasteiger charge is -2.44. The van der Waals surface area contributed by atoms with Crippen molar-refractivity contribution in [3.8, 4) is 0 Å². The van der Waals surface area contributed by atoms with Crippen LogP contribution in [0.5, 0.6) is 0 Å². The van der Waals surface area contributed by atoms with Crippen LogP contribution in [0.1, 0.15) is 32.1 Å². The number of nitrogens with zero attached hydrogens (tertiary/aromatic N) is 1. The SMILES string of the molecule is Cl.NCC(=O)N1CCSC2(CCCCC2)C1. The number of halogens is 1. The average molecular weight is 265 g/mol. The average Bonchev–Trinajstić information content (AvgIpc) is 2.29. The van der Waals surface area contributed by atoms with Gasteiger partial charge < -0.3 is 10.6 Å². The summed E-state index contributed by atoms with van der Waals surface area (Å²) in [7, 11) is 0. The molecule has 0 aromatic carbocycles. The number of nitrogens with two attached hydrogens (primary N) is 1. The Morgan fingerprint density at radius 1 is 1.31 bits per heavy atom. The third kappa shape index (κ3) is 3.05. The third-order valence-electron chi connectivity index (χ3n) is 3.54. The fraction of sp³-hybridized carbons (Fsp3) is 0.909. The summed E-state index contributed by atoms with van der Waals surface area (Å²) in [4.78, 5) is 13.6. The zero-order valence-corrected chi connectivity index (χ0v) is 11.2. The molecule has 1 heterocycles. The Hall–Kier alpha value is 0.0700. The number of carbonyl (C=O) groups excluding carboxylic acids is 1. The summed E-state index contributed by atoms with van der Waals surface area (Å²) in [6.07, 6.45) is 6.60. The molecule has 0 aromatic rings. The monoisotopic (exact) mass is 264 g/mol. The minimum Gasteiger partial charge on any atom is -0.339 e. The van der Waals surface area contributed by atoms with Crippen LogP contribution in [-0.2, 0) is 4.79 Å². The van der Waals surface area contributed by atoms with Crippen molar-refractivity contribution in [3.05, 3.63) is 0 Å². The van der Waals surface area contributed by atoms with Crippen molar-refractivity contribution in [3.63, 3.8) is 0 Å². The highest BCUT2D eigenvalue weighted by Crippen LogP contribution is 2.42. The molecule has 1 spiro atoms. The van der Waals surface area contributed by atoms with Crippen molar-refractivity contribution in [2.24, 2.45) is 5.73 Å². The quantitative estimate of drug-likeness (QED) is 0.783. The number of hydrogen-bond acceptors (Lipinski definition) is 3. The Bertz CT molecular complexity index is 239. The molecule has 1 aliphatic carbocycles. The van der Waals surface area contributed by atoms with Crippen LogP contribution >= 0.6 is 24.2 Å². The Kier molecular flexibility index (Phi) is 5.41. The van der Waals surface area contributed by atoms with Gasteiger partial charge in [-0.3, -0.25) is 4.79 Å². The summed E-state index contributed by atoms with van der Waals surface area (Å²) in [5, 5.41) is 0. The normalized spacial score (nSPS) is 23.9. The molecule has 1 saturated heterocycles. The van der Waals surface area contributed by atoms with Gasteiger partial charge in [0.1, 0.15) is 0 Å². The summed E-state index contributed by atoms with van der Waals surface area (Å²) >= 11 is 2.08. The molecule has 1 amide bonds. The third-order valence-corrected chi connectivity index (χ3v) is 5.08. The van der Waals surface area contributed by atoms with Gasteiger partial charge in [0, 0.05) is 23.6 Å². The van der Waals surface area contributed by atoms with E-state index in [1.165, 1.54) is 32.1 Å². The smallest absolute Gasteiger partial charge is 0.236 e. The van der Waals surface area contributed by atoms with E-state index in [0.29, 0.717) is 4.75 Å².